The van der Waals surface area contributed by atoms with E-state index in [4.69, 9.17) is 11.5 Å². The van der Waals surface area contributed by atoms with Crippen LogP contribution in [0.3, 0.4) is 0 Å². The smallest absolute Gasteiger partial charge is 0.324 e. The number of rotatable bonds is 5. The topological polar surface area (TPSA) is 101 Å². The molecule has 1 aromatic heterocycles. The van der Waals surface area contributed by atoms with Crippen molar-refractivity contribution in [2.24, 2.45) is 0 Å². The Kier molecular flexibility index (Phi) is 4.39. The van der Waals surface area contributed by atoms with Gasteiger partial charge in [0.05, 0.1) is 16.3 Å². The van der Waals surface area contributed by atoms with Crippen LogP contribution in [0.5, 0.6) is 0 Å². The van der Waals surface area contributed by atoms with Crippen LogP contribution < -0.4 is 0 Å². The highest BCUT2D eigenvalue weighted by atomic mass is 32.1. The van der Waals surface area contributed by atoms with Gasteiger partial charge in [0.15, 0.2) is 0 Å². The second-order valence-corrected chi connectivity index (χ2v) is 4.22. The Morgan fingerprint density at radius 3 is 2.67 bits per heavy atom. The predicted molar refractivity (Wildman–Crippen MR) is 63.3 cm³/mol. The van der Waals surface area contributed by atoms with Crippen LogP contribution in [0.2, 0.25) is 0 Å². The number of amides is 1. The molecule has 0 radical (unpaired) electrons. The molecule has 0 saturated heterocycles. The van der Waals surface area contributed by atoms with Crippen LogP contribution in [0.25, 0.3) is 0 Å². The highest BCUT2D eigenvalue weighted by molar-refractivity contribution is 7.17. The lowest BCUT2D eigenvalue weighted by molar-refractivity contribution is -0.380. The zero-order chi connectivity index (χ0) is 13.7. The van der Waals surface area contributed by atoms with E-state index in [0.717, 1.165) is 4.90 Å². The highest BCUT2D eigenvalue weighted by Gasteiger charge is 2.21. The maximum atomic E-state index is 11.9. The predicted octanol–water partition coefficient (Wildman–Crippen LogP) is 0.816. The molecule has 1 heterocycles. The third kappa shape index (κ3) is 3.29. The summed E-state index contributed by atoms with van der Waals surface area (Å²) in [6, 6.07) is 2.46. The Labute approximate surface area is 106 Å². The van der Waals surface area contributed by atoms with Crippen molar-refractivity contribution in [1.29, 1.82) is 0 Å². The number of carboxylic acid groups (broad SMARTS) is 1. The quantitative estimate of drug-likeness (QED) is 0.484. The fraction of sp³-hybridized carbons (Fsp3) is 0.200. The monoisotopic (exact) mass is 268 g/mol. The van der Waals surface area contributed by atoms with Crippen LogP contribution >= 0.6 is 11.3 Å². The molecule has 0 aromatic carbocycles. The van der Waals surface area contributed by atoms with Crippen LogP contribution in [-0.2, 0) is 4.79 Å². The van der Waals surface area contributed by atoms with Crippen LogP contribution in [0, 0.1) is 22.5 Å². The molecule has 94 valence electrons. The molecule has 7 nitrogen and oxygen atoms in total. The van der Waals surface area contributed by atoms with Crippen LogP contribution in [0.1, 0.15) is 9.67 Å². The van der Waals surface area contributed by atoms with Gasteiger partial charge < -0.3 is 10.0 Å². The molecule has 1 N–H and O–H groups in total. The van der Waals surface area contributed by atoms with Gasteiger partial charge in [-0.2, -0.15) is 0 Å². The van der Waals surface area contributed by atoms with Gasteiger partial charge in [-0.25, -0.2) is 0 Å². The van der Waals surface area contributed by atoms with E-state index < -0.39 is 23.3 Å². The largest absolute Gasteiger partial charge is 0.480 e. The number of nitrogens with zero attached hydrogens (tertiary/aromatic N) is 2. The maximum absolute atomic E-state index is 11.9. The summed E-state index contributed by atoms with van der Waals surface area (Å²) in [6.07, 6.45) is 5.03. The highest BCUT2D eigenvalue weighted by Crippen LogP contribution is 2.24. The van der Waals surface area contributed by atoms with Crippen molar-refractivity contribution in [3.8, 4) is 12.3 Å². The van der Waals surface area contributed by atoms with E-state index in [1.165, 1.54) is 12.1 Å². The zero-order valence-electron chi connectivity index (χ0n) is 9.03. The Morgan fingerprint density at radius 2 is 2.22 bits per heavy atom. The normalized spacial score (nSPS) is 9.50. The molecule has 0 aliphatic heterocycles. The molecule has 0 bridgehead atoms. The molecule has 0 spiro atoms. The first-order chi connectivity index (χ1) is 8.45. The number of carboxylic acids is 1. The van der Waals surface area contributed by atoms with Gasteiger partial charge >= 0.3 is 11.0 Å². The lowest BCUT2D eigenvalue weighted by Gasteiger charge is -2.16. The minimum Gasteiger partial charge on any atom is -0.480 e. The van der Waals surface area contributed by atoms with E-state index in [0.29, 0.717) is 11.3 Å². The van der Waals surface area contributed by atoms with E-state index in [1.54, 1.807) is 0 Å². The van der Waals surface area contributed by atoms with Crippen LogP contribution in [0.4, 0.5) is 5.00 Å². The fourth-order valence-corrected chi connectivity index (χ4v) is 1.96. The van der Waals surface area contributed by atoms with E-state index in [2.05, 4.69) is 5.92 Å². The van der Waals surface area contributed by atoms with E-state index in [1.807, 2.05) is 0 Å². The van der Waals surface area contributed by atoms with Gasteiger partial charge in [0.25, 0.3) is 5.91 Å². The fourth-order valence-electron chi connectivity index (χ4n) is 1.17. The minimum absolute atomic E-state index is 0.0817. The Bertz CT molecular complexity index is 531. The second-order valence-electron chi connectivity index (χ2n) is 3.15. The number of aliphatic carboxylic acids is 1. The molecule has 1 rings (SSSR count). The van der Waals surface area contributed by atoms with Gasteiger partial charge in [0.2, 0.25) is 0 Å². The van der Waals surface area contributed by atoms with Gasteiger partial charge in [-0.3, -0.25) is 19.7 Å². The average Bonchev–Trinajstić information content (AvgIpc) is 2.76. The van der Waals surface area contributed by atoms with Crippen molar-refractivity contribution in [1.82, 2.24) is 4.90 Å². The van der Waals surface area contributed by atoms with E-state index in [-0.39, 0.29) is 16.4 Å². The third-order valence-electron chi connectivity index (χ3n) is 1.88. The van der Waals surface area contributed by atoms with Crippen molar-refractivity contribution in [3.63, 3.8) is 0 Å². The first-order valence-corrected chi connectivity index (χ1v) is 5.46. The van der Waals surface area contributed by atoms with Gasteiger partial charge in [0, 0.05) is 6.07 Å². The number of nitro groups is 1. The molecule has 8 heteroatoms. The first kappa shape index (κ1) is 13.7. The number of terminal acetylenes is 1. The molecule has 0 unspecified atom stereocenters. The lowest BCUT2D eigenvalue weighted by atomic mass is 10.3. The van der Waals surface area contributed by atoms with Crippen molar-refractivity contribution in [3.05, 3.63) is 27.1 Å². The summed E-state index contributed by atoms with van der Waals surface area (Å²) in [5, 5.41) is 18.9. The molecule has 0 saturated carbocycles. The number of carbonyl (C=O) groups is 2. The molecular weight excluding hydrogens is 260 g/mol. The van der Waals surface area contributed by atoms with Gasteiger partial charge in [-0.05, 0) is 6.07 Å². The summed E-state index contributed by atoms with van der Waals surface area (Å²) in [4.78, 5) is 33.3. The Balaban J connectivity index is 2.91. The van der Waals surface area contributed by atoms with Gasteiger partial charge in [-0.1, -0.05) is 17.3 Å². The molecule has 0 aliphatic carbocycles. The molecule has 1 aromatic rings. The Morgan fingerprint density at radius 1 is 1.56 bits per heavy atom. The first-order valence-electron chi connectivity index (χ1n) is 4.64. The molecule has 0 atom stereocenters. The summed E-state index contributed by atoms with van der Waals surface area (Å²) in [7, 11) is 0. The molecular formula is C10H8N2O5S. The summed E-state index contributed by atoms with van der Waals surface area (Å²) >= 11 is 0.679. The van der Waals surface area contributed by atoms with Crippen LogP contribution in [0.15, 0.2) is 12.1 Å². The Hall–Kier alpha value is -2.40. The van der Waals surface area contributed by atoms with Gasteiger partial charge in [0.1, 0.15) is 6.54 Å². The number of carbonyl (C=O) groups excluding carboxylic acids is 1. The lowest BCUT2D eigenvalue weighted by Crippen LogP contribution is -2.35. The minimum atomic E-state index is -1.20. The molecule has 0 fully saturated rings. The van der Waals surface area contributed by atoms with Crippen molar-refractivity contribution in [2.45, 2.75) is 0 Å². The molecule has 1 amide bonds. The van der Waals surface area contributed by atoms with Crippen molar-refractivity contribution < 1.29 is 19.6 Å². The molecule has 18 heavy (non-hydrogen) atoms. The summed E-state index contributed by atoms with van der Waals surface area (Å²) in [5.41, 5.74) is 0. The van der Waals surface area contributed by atoms with Crippen molar-refractivity contribution in [2.75, 3.05) is 13.1 Å². The SMILES string of the molecule is C#CCN(CC(=O)O)C(=O)c1ccc([N+](=O)[O-])s1. The number of hydrogen-bond donors (Lipinski definition) is 1. The van der Waals surface area contributed by atoms with E-state index in [9.17, 15) is 19.7 Å². The number of hydrogen-bond acceptors (Lipinski definition) is 5. The standard InChI is InChI=1S/C10H8N2O5S/c1-2-5-11(6-9(13)14)10(15)7-3-4-8(18-7)12(16)17/h1,3-4H,5-6H2,(H,13,14). The third-order valence-corrected chi connectivity index (χ3v) is 2.90. The zero-order valence-corrected chi connectivity index (χ0v) is 9.85. The molecule has 0 aliphatic rings. The summed E-state index contributed by atoms with van der Waals surface area (Å²) in [6.45, 7) is -0.717. The van der Waals surface area contributed by atoms with Gasteiger partial charge in [-0.15, -0.1) is 6.42 Å². The maximum Gasteiger partial charge on any atom is 0.324 e. The average molecular weight is 268 g/mol. The summed E-state index contributed by atoms with van der Waals surface area (Å²) < 4.78 is 0. The number of thiophene rings is 1. The van der Waals surface area contributed by atoms with Crippen molar-refractivity contribution >= 4 is 28.2 Å². The summed E-state index contributed by atoms with van der Waals surface area (Å²) in [5.74, 6) is 0.331. The van der Waals surface area contributed by atoms with E-state index >= 15 is 0 Å². The van der Waals surface area contributed by atoms with Crippen LogP contribution in [-0.4, -0.2) is 39.9 Å². The second kappa shape index (κ2) is 5.79.